The van der Waals surface area contributed by atoms with Crippen molar-refractivity contribution in [2.75, 3.05) is 5.88 Å². The number of alkyl halides is 1. The van der Waals surface area contributed by atoms with Gasteiger partial charge in [0, 0.05) is 0 Å². The molecule has 3 nitrogen and oxygen atoms in total. The standard InChI is InChI=1S/C3H3ClN2O/c4-1-3(7)2-6-5/h2H,1H2/i3+1. The van der Waals surface area contributed by atoms with Crippen molar-refractivity contribution in [2.24, 2.45) is 0 Å². The molecule has 0 spiro atoms. The summed E-state index contributed by atoms with van der Waals surface area (Å²) in [6, 6.07) is 0. The highest BCUT2D eigenvalue weighted by molar-refractivity contribution is 6.40. The monoisotopic (exact) mass is 119 g/mol. The van der Waals surface area contributed by atoms with Gasteiger partial charge in [0.2, 0.25) is 0 Å². The molecule has 0 aliphatic heterocycles. The molecule has 0 atom stereocenters. The van der Waals surface area contributed by atoms with Gasteiger partial charge >= 0.3 is 6.21 Å². The number of carbonyl (C=O) groups is 1. The number of halogens is 1. The maximum Gasteiger partial charge on any atom is 0.324 e. The van der Waals surface area contributed by atoms with Gasteiger partial charge in [-0.15, -0.1) is 11.6 Å². The van der Waals surface area contributed by atoms with Crippen LogP contribution in [0.3, 0.4) is 0 Å². The van der Waals surface area contributed by atoms with E-state index < -0.39 is 5.78 Å². The third kappa shape index (κ3) is 3.16. The summed E-state index contributed by atoms with van der Waals surface area (Å²) in [6.45, 7) is 0. The van der Waals surface area contributed by atoms with Crippen LogP contribution >= 0.6 is 11.6 Å². The van der Waals surface area contributed by atoms with E-state index in [9.17, 15) is 4.79 Å². The molecule has 0 rings (SSSR count). The lowest BCUT2D eigenvalue weighted by atomic mass is 10.9. The maximum atomic E-state index is 9.97. The van der Waals surface area contributed by atoms with Gasteiger partial charge in [-0.1, -0.05) is 0 Å². The molecule has 0 aromatic rings. The Kier molecular flexibility index (Phi) is 3.19. The van der Waals surface area contributed by atoms with Crippen LogP contribution in [-0.2, 0) is 4.79 Å². The number of ketones is 1. The van der Waals surface area contributed by atoms with E-state index in [2.05, 4.69) is 4.79 Å². The molecule has 0 radical (unpaired) electrons. The highest BCUT2D eigenvalue weighted by atomic mass is 35.5. The first-order valence-electron chi connectivity index (χ1n) is 1.57. The van der Waals surface area contributed by atoms with Gasteiger partial charge in [0.15, 0.2) is 0 Å². The molecule has 0 aromatic heterocycles. The van der Waals surface area contributed by atoms with Gasteiger partial charge in [-0.2, -0.15) is 4.79 Å². The van der Waals surface area contributed by atoms with Crippen LogP contribution in [0.4, 0.5) is 0 Å². The van der Waals surface area contributed by atoms with Crippen molar-refractivity contribution in [3.8, 4) is 0 Å². The molecule has 0 unspecified atom stereocenters. The van der Waals surface area contributed by atoms with Crippen LogP contribution in [0.1, 0.15) is 0 Å². The van der Waals surface area contributed by atoms with Gasteiger partial charge in [-0.25, -0.2) is 0 Å². The van der Waals surface area contributed by atoms with E-state index in [0.717, 1.165) is 6.21 Å². The van der Waals surface area contributed by atoms with Crippen LogP contribution in [-0.4, -0.2) is 22.7 Å². The first-order chi connectivity index (χ1) is 3.31. The van der Waals surface area contributed by atoms with Crippen molar-refractivity contribution in [1.82, 2.24) is 0 Å². The summed E-state index contributed by atoms with van der Waals surface area (Å²) in [5.41, 5.74) is 7.66. The predicted octanol–water partition coefficient (Wildman–Crippen LogP) is 0.0949. The average molecular weight is 120 g/mol. The Labute approximate surface area is 45.5 Å². The van der Waals surface area contributed by atoms with Crippen LogP contribution in [0.5, 0.6) is 0 Å². The van der Waals surface area contributed by atoms with E-state index in [1.165, 1.54) is 0 Å². The van der Waals surface area contributed by atoms with Gasteiger partial charge < -0.3 is 5.53 Å². The smallest absolute Gasteiger partial charge is 0.324 e. The fourth-order valence-electron chi connectivity index (χ4n) is 0.0989. The second-order valence-electron chi connectivity index (χ2n) is 0.845. The summed E-state index contributed by atoms with van der Waals surface area (Å²) >= 11 is 4.98. The minimum Gasteiger partial charge on any atom is -0.361 e. The Morgan fingerprint density at radius 3 is 2.71 bits per heavy atom. The molecule has 0 aliphatic carbocycles. The quantitative estimate of drug-likeness (QED) is 0.167. The average Bonchev–Trinajstić information content (AvgIpc) is 1.68. The minimum absolute atomic E-state index is 0.135. The van der Waals surface area contributed by atoms with Crippen LogP contribution < -0.4 is 0 Å². The second-order valence-corrected chi connectivity index (χ2v) is 1.11. The molecule has 0 bridgehead atoms. The van der Waals surface area contributed by atoms with Crippen molar-refractivity contribution < 1.29 is 9.58 Å². The van der Waals surface area contributed by atoms with E-state index in [0.29, 0.717) is 0 Å². The molecule has 0 heterocycles. The fourth-order valence-corrected chi connectivity index (χ4v) is 0.168. The highest BCUT2D eigenvalue weighted by Gasteiger charge is 1.95. The summed E-state index contributed by atoms with van der Waals surface area (Å²) < 4.78 is 0. The number of hydrogen-bond acceptors (Lipinski definition) is 1. The Morgan fingerprint density at radius 2 is 2.57 bits per heavy atom. The third-order valence-electron chi connectivity index (χ3n) is 0.333. The highest BCUT2D eigenvalue weighted by Crippen LogP contribution is 1.70. The van der Waals surface area contributed by atoms with Gasteiger partial charge in [0.05, 0.1) is 5.88 Å². The molecule has 0 amide bonds. The summed E-state index contributed by atoms with van der Waals surface area (Å²) in [7, 11) is 0. The molecule has 4 heteroatoms. The van der Waals surface area contributed by atoms with Crippen LogP contribution in [0, 0.1) is 0 Å². The molecular formula is C3H3ClN2O. The first kappa shape index (κ1) is 6.34. The van der Waals surface area contributed by atoms with Crippen LogP contribution in [0.15, 0.2) is 0 Å². The first-order valence-corrected chi connectivity index (χ1v) is 2.11. The Balaban J connectivity index is 3.58. The minimum atomic E-state index is -0.399. The lowest BCUT2D eigenvalue weighted by Crippen LogP contribution is -1.99. The van der Waals surface area contributed by atoms with Crippen LogP contribution in [0.2, 0.25) is 0 Å². The lowest BCUT2D eigenvalue weighted by molar-refractivity contribution is -0.113. The van der Waals surface area contributed by atoms with E-state index >= 15 is 0 Å². The molecular weight excluding hydrogens is 116 g/mol. The number of carbonyl (C=O) groups excluding carboxylic acids is 1. The zero-order valence-corrected chi connectivity index (χ0v) is 4.22. The molecule has 0 aromatic carbocycles. The number of nitrogens with zero attached hydrogens (tertiary/aromatic N) is 2. The maximum absolute atomic E-state index is 9.97. The van der Waals surface area contributed by atoms with Crippen molar-refractivity contribution in [3.05, 3.63) is 5.53 Å². The molecule has 0 fully saturated rings. The molecule has 0 saturated carbocycles. The van der Waals surface area contributed by atoms with E-state index in [1.807, 2.05) is 0 Å². The van der Waals surface area contributed by atoms with E-state index in [1.54, 1.807) is 0 Å². The van der Waals surface area contributed by atoms with Crippen molar-refractivity contribution in [3.63, 3.8) is 0 Å². The lowest BCUT2D eigenvalue weighted by Gasteiger charge is -1.66. The number of rotatable bonds is 2. The number of Topliss-reactive ketones (excluding diaryl/α,β-unsaturated/α-hetero) is 1. The summed E-state index contributed by atoms with van der Waals surface area (Å²) in [6.07, 6.45) is 0.757. The van der Waals surface area contributed by atoms with Gasteiger partial charge in [0.25, 0.3) is 5.78 Å². The Bertz CT molecular complexity index is 116. The zero-order valence-electron chi connectivity index (χ0n) is 3.47. The third-order valence-corrected chi connectivity index (χ3v) is 0.597. The van der Waals surface area contributed by atoms with Crippen molar-refractivity contribution >= 4 is 23.6 Å². The summed E-state index contributed by atoms with van der Waals surface area (Å²) in [4.78, 5) is 12.4. The van der Waals surface area contributed by atoms with E-state index in [4.69, 9.17) is 17.1 Å². The molecule has 0 saturated heterocycles. The van der Waals surface area contributed by atoms with Crippen LogP contribution in [0.25, 0.3) is 5.53 Å². The molecule has 0 aliphatic rings. The molecule has 0 N–H and O–H groups in total. The number of hydrogen-bond donors (Lipinski definition) is 0. The fraction of sp³-hybridized carbons (Fsp3) is 0.333. The zero-order chi connectivity index (χ0) is 5.70. The molecule has 38 valence electrons. The van der Waals surface area contributed by atoms with Gasteiger partial charge in [-0.3, -0.25) is 4.79 Å². The Hall–Kier alpha value is -0.660. The SMILES string of the molecule is [N-]=[N+]=C[13C](=O)CCl. The van der Waals surface area contributed by atoms with Gasteiger partial charge in [-0.05, 0) is 0 Å². The largest absolute Gasteiger partial charge is 0.361 e. The summed E-state index contributed by atoms with van der Waals surface area (Å²) in [5, 5.41) is 0. The Morgan fingerprint density at radius 1 is 2.00 bits per heavy atom. The predicted molar refractivity (Wildman–Crippen MR) is 25.4 cm³/mol. The topological polar surface area (TPSA) is 53.5 Å². The van der Waals surface area contributed by atoms with Crippen molar-refractivity contribution in [2.45, 2.75) is 0 Å². The van der Waals surface area contributed by atoms with Gasteiger partial charge in [0.1, 0.15) is 0 Å². The second kappa shape index (κ2) is 3.53. The van der Waals surface area contributed by atoms with E-state index in [-0.39, 0.29) is 5.88 Å². The normalized spacial score (nSPS) is 7.00. The molecule has 7 heavy (non-hydrogen) atoms. The summed E-state index contributed by atoms with van der Waals surface area (Å²) in [5.74, 6) is -0.534. The van der Waals surface area contributed by atoms with Crippen molar-refractivity contribution in [1.29, 1.82) is 0 Å².